The van der Waals surface area contributed by atoms with Gasteiger partial charge in [-0.3, -0.25) is 4.79 Å². The molecule has 0 atom stereocenters. The minimum Gasteiger partial charge on any atom is -0.392 e. The van der Waals surface area contributed by atoms with Crippen molar-refractivity contribution in [3.63, 3.8) is 0 Å². The molecule has 1 aromatic carbocycles. The maximum absolute atomic E-state index is 12.8. The molecule has 1 aliphatic rings. The number of nitrogens with zero attached hydrogens (tertiary/aromatic N) is 1. The van der Waals surface area contributed by atoms with Crippen LogP contribution in [0.5, 0.6) is 0 Å². The number of aliphatic hydroxyl groups is 1. The number of rotatable bonds is 8. The predicted molar refractivity (Wildman–Crippen MR) is 119 cm³/mol. The Kier molecular flexibility index (Phi) is 7.94. The second-order valence-electron chi connectivity index (χ2n) is 9.30. The first kappa shape index (κ1) is 22.7. The lowest BCUT2D eigenvalue weighted by Crippen LogP contribution is -2.34. The van der Waals surface area contributed by atoms with Crippen LogP contribution in [-0.2, 0) is 17.8 Å². The van der Waals surface area contributed by atoms with Crippen LogP contribution in [-0.4, -0.2) is 24.1 Å². The summed E-state index contributed by atoms with van der Waals surface area (Å²) in [4.78, 5) is 15.3. The van der Waals surface area contributed by atoms with Crippen LogP contribution in [0.2, 0.25) is 0 Å². The molecule has 4 nitrogen and oxygen atoms in total. The van der Waals surface area contributed by atoms with Crippen molar-refractivity contribution in [1.82, 2.24) is 0 Å². The molecule has 4 heteroatoms. The van der Waals surface area contributed by atoms with Crippen molar-refractivity contribution in [3.05, 3.63) is 22.3 Å². The van der Waals surface area contributed by atoms with Crippen molar-refractivity contribution in [2.24, 2.45) is 5.41 Å². The van der Waals surface area contributed by atoms with E-state index in [1.807, 2.05) is 27.7 Å². The number of anilines is 2. The molecule has 0 unspecified atom stereocenters. The number of carbonyl (C=O) groups is 1. The topological polar surface area (TPSA) is 52.6 Å². The summed E-state index contributed by atoms with van der Waals surface area (Å²) in [6, 6.07) is 0. The van der Waals surface area contributed by atoms with Gasteiger partial charge in [-0.15, -0.1) is 0 Å². The zero-order valence-corrected chi connectivity index (χ0v) is 18.9. The Morgan fingerprint density at radius 3 is 2.39 bits per heavy atom. The molecule has 0 aliphatic carbocycles. The van der Waals surface area contributed by atoms with E-state index < -0.39 is 5.41 Å². The lowest BCUT2D eigenvalue weighted by Gasteiger charge is -2.36. The highest BCUT2D eigenvalue weighted by Crippen LogP contribution is 2.42. The van der Waals surface area contributed by atoms with Crippen LogP contribution in [0.25, 0.3) is 0 Å². The van der Waals surface area contributed by atoms with Gasteiger partial charge in [-0.05, 0) is 55.4 Å². The molecule has 28 heavy (non-hydrogen) atoms. The summed E-state index contributed by atoms with van der Waals surface area (Å²) >= 11 is 0. The maximum Gasteiger partial charge on any atom is 0.229 e. The van der Waals surface area contributed by atoms with Gasteiger partial charge in [-0.1, -0.05) is 53.4 Å². The van der Waals surface area contributed by atoms with Gasteiger partial charge in [0, 0.05) is 18.5 Å². The van der Waals surface area contributed by atoms with Gasteiger partial charge in [0.25, 0.3) is 0 Å². The lowest BCUT2D eigenvalue weighted by molar-refractivity contribution is -0.123. The smallest absolute Gasteiger partial charge is 0.229 e. The second-order valence-corrected chi connectivity index (χ2v) is 9.30. The Labute approximate surface area is 171 Å². The molecule has 0 spiro atoms. The van der Waals surface area contributed by atoms with Crippen LogP contribution >= 0.6 is 0 Å². The fourth-order valence-electron chi connectivity index (χ4n) is 4.15. The van der Waals surface area contributed by atoms with E-state index in [-0.39, 0.29) is 12.5 Å². The van der Waals surface area contributed by atoms with Gasteiger partial charge in [-0.25, -0.2) is 0 Å². The van der Waals surface area contributed by atoms with Crippen molar-refractivity contribution in [2.75, 3.05) is 23.3 Å². The number of aliphatic hydroxyl groups excluding tert-OH is 1. The summed E-state index contributed by atoms with van der Waals surface area (Å²) in [5.74, 6) is 0.0269. The van der Waals surface area contributed by atoms with E-state index in [0.717, 1.165) is 42.7 Å². The van der Waals surface area contributed by atoms with E-state index in [1.165, 1.54) is 48.9 Å². The normalized spacial score (nSPS) is 14.2. The largest absolute Gasteiger partial charge is 0.392 e. The Balaban J connectivity index is 2.41. The summed E-state index contributed by atoms with van der Waals surface area (Å²) in [5, 5.41) is 13.2. The number of benzene rings is 1. The fourth-order valence-corrected chi connectivity index (χ4v) is 4.15. The number of hydrogen-bond donors (Lipinski definition) is 2. The zero-order chi connectivity index (χ0) is 20.9. The zero-order valence-electron chi connectivity index (χ0n) is 18.9. The van der Waals surface area contributed by atoms with E-state index in [2.05, 4.69) is 24.1 Å². The standard InChI is InChI=1S/C24H40N2O2/c1-7-8-9-10-11-14-26-15-12-13-19-17(2)20(16-27)18(3)21(22(19)26)25-23(28)24(4,5)6/h27H,7-16H2,1-6H3,(H,25,28). The molecule has 2 N–H and O–H groups in total. The third-order valence-corrected chi connectivity index (χ3v) is 6.04. The molecule has 0 saturated carbocycles. The molecular weight excluding hydrogens is 348 g/mol. The summed E-state index contributed by atoms with van der Waals surface area (Å²) in [6.45, 7) is 14.3. The van der Waals surface area contributed by atoms with Crippen LogP contribution in [0.1, 0.15) is 88.5 Å². The van der Waals surface area contributed by atoms with Gasteiger partial charge >= 0.3 is 0 Å². The molecule has 0 radical (unpaired) electrons. The number of fused-ring (bicyclic) bond motifs is 1. The maximum atomic E-state index is 12.8. The number of carbonyl (C=O) groups excluding carboxylic acids is 1. The summed E-state index contributed by atoms with van der Waals surface area (Å²) in [7, 11) is 0. The van der Waals surface area contributed by atoms with Gasteiger partial charge in [0.15, 0.2) is 0 Å². The molecule has 0 fully saturated rings. The molecule has 0 saturated heterocycles. The monoisotopic (exact) mass is 388 g/mol. The van der Waals surface area contributed by atoms with Crippen molar-refractivity contribution < 1.29 is 9.90 Å². The van der Waals surface area contributed by atoms with E-state index in [0.29, 0.717) is 0 Å². The van der Waals surface area contributed by atoms with Gasteiger partial charge < -0.3 is 15.3 Å². The number of nitrogens with one attached hydrogen (secondary N) is 1. The third-order valence-electron chi connectivity index (χ3n) is 6.04. The van der Waals surface area contributed by atoms with Crippen LogP contribution in [0.4, 0.5) is 11.4 Å². The summed E-state index contributed by atoms with van der Waals surface area (Å²) in [6.07, 6.45) is 8.45. The highest BCUT2D eigenvalue weighted by molar-refractivity contribution is 5.99. The lowest BCUT2D eigenvalue weighted by atomic mass is 9.88. The van der Waals surface area contributed by atoms with Gasteiger partial charge in [-0.2, -0.15) is 0 Å². The van der Waals surface area contributed by atoms with Gasteiger partial charge in [0.2, 0.25) is 5.91 Å². The Hall–Kier alpha value is -1.55. The van der Waals surface area contributed by atoms with Crippen molar-refractivity contribution in [2.45, 2.75) is 93.1 Å². The highest BCUT2D eigenvalue weighted by atomic mass is 16.3. The quantitative estimate of drug-likeness (QED) is 0.578. The minimum atomic E-state index is -0.455. The molecule has 0 aromatic heterocycles. The van der Waals surface area contributed by atoms with Crippen molar-refractivity contribution >= 4 is 17.3 Å². The van der Waals surface area contributed by atoms with Gasteiger partial charge in [0.1, 0.15) is 0 Å². The molecule has 1 heterocycles. The summed E-state index contributed by atoms with van der Waals surface area (Å²) < 4.78 is 0. The number of unbranched alkanes of at least 4 members (excludes halogenated alkanes) is 4. The first-order valence-electron chi connectivity index (χ1n) is 11.0. The van der Waals surface area contributed by atoms with E-state index in [1.54, 1.807) is 0 Å². The molecule has 1 aromatic rings. The molecular formula is C24H40N2O2. The average Bonchev–Trinajstić information content (AvgIpc) is 2.64. The van der Waals surface area contributed by atoms with E-state index in [4.69, 9.17) is 0 Å². The second kappa shape index (κ2) is 9.78. The van der Waals surface area contributed by atoms with Crippen LogP contribution < -0.4 is 10.2 Å². The molecule has 0 bridgehead atoms. The molecule has 1 amide bonds. The molecule has 2 rings (SSSR count). The van der Waals surface area contributed by atoms with Crippen molar-refractivity contribution in [3.8, 4) is 0 Å². The summed E-state index contributed by atoms with van der Waals surface area (Å²) in [5.41, 5.74) is 6.13. The fraction of sp³-hybridized carbons (Fsp3) is 0.708. The average molecular weight is 389 g/mol. The van der Waals surface area contributed by atoms with Crippen LogP contribution in [0.3, 0.4) is 0 Å². The van der Waals surface area contributed by atoms with Gasteiger partial charge in [0.05, 0.1) is 18.0 Å². The molecule has 1 aliphatic heterocycles. The van der Waals surface area contributed by atoms with Crippen LogP contribution in [0.15, 0.2) is 0 Å². The Morgan fingerprint density at radius 2 is 1.79 bits per heavy atom. The Morgan fingerprint density at radius 1 is 1.11 bits per heavy atom. The van der Waals surface area contributed by atoms with E-state index >= 15 is 0 Å². The third kappa shape index (κ3) is 5.08. The van der Waals surface area contributed by atoms with Crippen LogP contribution in [0, 0.1) is 19.3 Å². The number of amides is 1. The first-order chi connectivity index (χ1) is 13.2. The number of hydrogen-bond acceptors (Lipinski definition) is 3. The Bertz CT molecular complexity index is 689. The minimum absolute atomic E-state index is 0.0142. The first-order valence-corrected chi connectivity index (χ1v) is 11.0. The predicted octanol–water partition coefficient (Wildman–Crippen LogP) is 5.50. The molecule has 158 valence electrons. The van der Waals surface area contributed by atoms with Crippen molar-refractivity contribution in [1.29, 1.82) is 0 Å². The highest BCUT2D eigenvalue weighted by Gasteiger charge is 2.29. The SMILES string of the molecule is CCCCCCCN1CCCc2c(C)c(CO)c(C)c(NC(=O)C(C)(C)C)c21. The van der Waals surface area contributed by atoms with E-state index in [9.17, 15) is 9.90 Å².